The van der Waals surface area contributed by atoms with Gasteiger partial charge in [-0.3, -0.25) is 0 Å². The van der Waals surface area contributed by atoms with Crippen molar-refractivity contribution in [3.8, 4) is 11.1 Å². The fourth-order valence-electron chi connectivity index (χ4n) is 3.86. The van der Waals surface area contributed by atoms with E-state index in [1.54, 1.807) is 12.1 Å². The number of benzene rings is 2. The molecule has 152 valence electrons. The summed E-state index contributed by atoms with van der Waals surface area (Å²) >= 11 is 0. The minimum atomic E-state index is -0.916. The number of nitrogens with zero attached hydrogens (tertiary/aromatic N) is 3. The molecule has 0 bridgehead atoms. The van der Waals surface area contributed by atoms with Gasteiger partial charge in [-0.1, -0.05) is 56.3 Å². The van der Waals surface area contributed by atoms with E-state index in [4.69, 9.17) is 9.97 Å². The Morgan fingerprint density at radius 1 is 1.00 bits per heavy atom. The second kappa shape index (κ2) is 8.11. The van der Waals surface area contributed by atoms with Crippen LogP contribution in [-0.2, 0) is 19.4 Å². The maximum atomic E-state index is 11.5. The third-order valence-corrected chi connectivity index (χ3v) is 5.47. The molecule has 0 unspecified atom stereocenters. The van der Waals surface area contributed by atoms with Crippen molar-refractivity contribution in [2.24, 2.45) is 0 Å². The number of aromatic nitrogens is 3. The van der Waals surface area contributed by atoms with Crippen molar-refractivity contribution in [3.63, 3.8) is 0 Å². The Hall–Kier alpha value is -3.47. The van der Waals surface area contributed by atoms with E-state index in [1.807, 2.05) is 24.3 Å². The van der Waals surface area contributed by atoms with Gasteiger partial charge in [-0.2, -0.15) is 0 Å². The van der Waals surface area contributed by atoms with Crippen molar-refractivity contribution in [1.82, 2.24) is 14.5 Å². The fourth-order valence-corrected chi connectivity index (χ4v) is 3.86. The Morgan fingerprint density at radius 3 is 2.40 bits per heavy atom. The molecule has 2 heterocycles. The third kappa shape index (κ3) is 3.59. The first kappa shape index (κ1) is 19.8. The zero-order chi connectivity index (χ0) is 21.3. The van der Waals surface area contributed by atoms with Crippen LogP contribution in [0.3, 0.4) is 0 Å². The van der Waals surface area contributed by atoms with E-state index in [0.29, 0.717) is 12.1 Å². The molecule has 0 radical (unpaired) electrons. The predicted octanol–water partition coefficient (Wildman–Crippen LogP) is 5.28. The summed E-state index contributed by atoms with van der Waals surface area (Å²) in [6.07, 6.45) is 1.72. The molecule has 0 spiro atoms. The Labute approximate surface area is 176 Å². The molecule has 2 aromatic carbocycles. The minimum Gasteiger partial charge on any atom is -0.478 e. The Balaban J connectivity index is 1.71. The molecule has 0 saturated carbocycles. The summed E-state index contributed by atoms with van der Waals surface area (Å²) in [5, 5.41) is 9.46. The SMILES string of the molecule is CCc1cc(C)c2nc(CC)n(Cc3ccc(-c4ccccc4C(=O)O)cc3)c2n1. The summed E-state index contributed by atoms with van der Waals surface area (Å²) in [6, 6.07) is 17.3. The lowest BCUT2D eigenvalue weighted by Crippen LogP contribution is -2.06. The van der Waals surface area contributed by atoms with Crippen molar-refractivity contribution < 1.29 is 9.90 Å². The highest BCUT2D eigenvalue weighted by atomic mass is 16.4. The number of aromatic carboxylic acids is 1. The largest absolute Gasteiger partial charge is 0.478 e. The van der Waals surface area contributed by atoms with Crippen LogP contribution in [0.4, 0.5) is 0 Å². The summed E-state index contributed by atoms with van der Waals surface area (Å²) in [7, 11) is 0. The van der Waals surface area contributed by atoms with Crippen LogP contribution in [0, 0.1) is 6.92 Å². The molecule has 1 N–H and O–H groups in total. The van der Waals surface area contributed by atoms with Crippen molar-refractivity contribution in [3.05, 3.63) is 82.8 Å². The lowest BCUT2D eigenvalue weighted by molar-refractivity contribution is 0.0697. The smallest absolute Gasteiger partial charge is 0.336 e. The van der Waals surface area contributed by atoms with Crippen LogP contribution in [-0.4, -0.2) is 25.6 Å². The van der Waals surface area contributed by atoms with Gasteiger partial charge in [0.25, 0.3) is 0 Å². The number of hydrogen-bond acceptors (Lipinski definition) is 3. The molecule has 0 aliphatic rings. The molecule has 5 heteroatoms. The van der Waals surface area contributed by atoms with Crippen molar-refractivity contribution in [2.45, 2.75) is 40.2 Å². The normalized spacial score (nSPS) is 11.2. The quantitative estimate of drug-likeness (QED) is 0.479. The fraction of sp³-hybridized carbons (Fsp3) is 0.240. The van der Waals surface area contributed by atoms with Gasteiger partial charge in [0.2, 0.25) is 0 Å². The van der Waals surface area contributed by atoms with Gasteiger partial charge in [-0.15, -0.1) is 0 Å². The zero-order valence-electron chi connectivity index (χ0n) is 17.5. The van der Waals surface area contributed by atoms with Crippen LogP contribution in [0.25, 0.3) is 22.3 Å². The van der Waals surface area contributed by atoms with Crippen LogP contribution in [0.15, 0.2) is 54.6 Å². The van der Waals surface area contributed by atoms with E-state index < -0.39 is 5.97 Å². The number of carbonyl (C=O) groups is 1. The van der Waals surface area contributed by atoms with Gasteiger partial charge in [-0.05, 0) is 47.7 Å². The van der Waals surface area contributed by atoms with E-state index >= 15 is 0 Å². The number of fused-ring (bicyclic) bond motifs is 1. The summed E-state index contributed by atoms with van der Waals surface area (Å²) < 4.78 is 2.20. The Bertz CT molecular complexity index is 1220. The first-order valence-electron chi connectivity index (χ1n) is 10.3. The maximum absolute atomic E-state index is 11.5. The number of rotatable bonds is 6. The Kier molecular flexibility index (Phi) is 5.36. The van der Waals surface area contributed by atoms with Gasteiger partial charge in [0.1, 0.15) is 11.3 Å². The van der Waals surface area contributed by atoms with E-state index in [2.05, 4.69) is 43.5 Å². The lowest BCUT2D eigenvalue weighted by Gasteiger charge is -2.11. The molecule has 0 aliphatic heterocycles. The number of hydrogen-bond donors (Lipinski definition) is 1. The third-order valence-electron chi connectivity index (χ3n) is 5.47. The predicted molar refractivity (Wildman–Crippen MR) is 119 cm³/mol. The topological polar surface area (TPSA) is 68.0 Å². The Morgan fingerprint density at radius 2 is 1.73 bits per heavy atom. The van der Waals surface area contributed by atoms with Crippen LogP contribution >= 0.6 is 0 Å². The summed E-state index contributed by atoms with van der Waals surface area (Å²) in [6.45, 7) is 7.00. The highest BCUT2D eigenvalue weighted by Gasteiger charge is 2.15. The van der Waals surface area contributed by atoms with Gasteiger partial charge < -0.3 is 9.67 Å². The van der Waals surface area contributed by atoms with Gasteiger partial charge >= 0.3 is 5.97 Å². The molecular formula is C25H25N3O2. The second-order valence-electron chi connectivity index (χ2n) is 7.47. The van der Waals surface area contributed by atoms with E-state index in [-0.39, 0.29) is 0 Å². The second-order valence-corrected chi connectivity index (χ2v) is 7.47. The van der Waals surface area contributed by atoms with E-state index in [9.17, 15) is 9.90 Å². The van der Waals surface area contributed by atoms with Crippen molar-refractivity contribution >= 4 is 17.1 Å². The molecule has 0 aliphatic carbocycles. The molecule has 0 atom stereocenters. The molecule has 0 amide bonds. The average molecular weight is 399 g/mol. The standard InChI is InChI=1S/C25H25N3O2/c1-4-19-14-16(3)23-24(26-19)28(22(5-2)27-23)15-17-10-12-18(13-11-17)20-8-6-7-9-21(20)25(29)30/h6-14H,4-5,15H2,1-3H3,(H,29,30). The highest BCUT2D eigenvalue weighted by molar-refractivity contribution is 5.96. The number of imidazole rings is 1. The lowest BCUT2D eigenvalue weighted by atomic mass is 9.99. The first-order chi connectivity index (χ1) is 14.5. The molecule has 0 fully saturated rings. The zero-order valence-corrected chi connectivity index (χ0v) is 17.5. The van der Waals surface area contributed by atoms with Crippen molar-refractivity contribution in [2.75, 3.05) is 0 Å². The molecule has 2 aromatic heterocycles. The summed E-state index contributed by atoms with van der Waals surface area (Å²) in [5.74, 6) is 0.106. The number of carboxylic acid groups (broad SMARTS) is 1. The van der Waals surface area contributed by atoms with Gasteiger partial charge in [0.15, 0.2) is 5.65 Å². The molecule has 0 saturated heterocycles. The van der Waals surface area contributed by atoms with Gasteiger partial charge in [0, 0.05) is 12.1 Å². The summed E-state index contributed by atoms with van der Waals surface area (Å²) in [4.78, 5) is 21.2. The molecule has 5 nitrogen and oxygen atoms in total. The van der Waals surface area contributed by atoms with Gasteiger partial charge in [-0.25, -0.2) is 14.8 Å². The van der Waals surface area contributed by atoms with Crippen LogP contribution in [0.1, 0.15) is 46.9 Å². The minimum absolute atomic E-state index is 0.311. The number of aryl methyl sites for hydroxylation is 3. The van der Waals surface area contributed by atoms with E-state index in [0.717, 1.165) is 57.8 Å². The molecular weight excluding hydrogens is 374 g/mol. The summed E-state index contributed by atoms with van der Waals surface area (Å²) in [5.41, 5.74) is 7.19. The monoisotopic (exact) mass is 399 g/mol. The van der Waals surface area contributed by atoms with Crippen LogP contribution in [0.5, 0.6) is 0 Å². The van der Waals surface area contributed by atoms with Crippen LogP contribution in [0.2, 0.25) is 0 Å². The van der Waals surface area contributed by atoms with Gasteiger partial charge in [0.05, 0.1) is 12.1 Å². The number of pyridine rings is 1. The average Bonchev–Trinajstić information content (AvgIpc) is 3.12. The molecule has 4 rings (SSSR count). The molecule has 4 aromatic rings. The molecule has 30 heavy (non-hydrogen) atoms. The first-order valence-corrected chi connectivity index (χ1v) is 10.3. The van der Waals surface area contributed by atoms with Crippen molar-refractivity contribution in [1.29, 1.82) is 0 Å². The number of carboxylic acids is 1. The van der Waals surface area contributed by atoms with E-state index in [1.165, 1.54) is 0 Å². The maximum Gasteiger partial charge on any atom is 0.336 e. The highest BCUT2D eigenvalue weighted by Crippen LogP contribution is 2.26. The van der Waals surface area contributed by atoms with Crippen LogP contribution < -0.4 is 0 Å².